The Morgan fingerprint density at radius 2 is 1.83 bits per heavy atom. The molecule has 0 unspecified atom stereocenters. The lowest BCUT2D eigenvalue weighted by Gasteiger charge is -2.07. The number of aromatic carboxylic acids is 1. The van der Waals surface area contributed by atoms with Crippen LogP contribution < -0.4 is 4.74 Å². The van der Waals surface area contributed by atoms with Crippen molar-refractivity contribution < 1.29 is 19.0 Å². The topological polar surface area (TPSA) is 46.5 Å². The van der Waals surface area contributed by atoms with E-state index in [1.54, 1.807) is 24.3 Å². The van der Waals surface area contributed by atoms with Crippen molar-refractivity contribution in [3.05, 3.63) is 58.3 Å². The molecule has 0 radical (unpaired) electrons. The summed E-state index contributed by atoms with van der Waals surface area (Å²) in [5.74, 6) is -1.43. The molecule has 0 aliphatic rings. The van der Waals surface area contributed by atoms with Gasteiger partial charge in [0.2, 0.25) is 0 Å². The first kappa shape index (κ1) is 12.6. The maximum Gasteiger partial charge on any atom is 0.335 e. The maximum atomic E-state index is 13.6. The summed E-state index contributed by atoms with van der Waals surface area (Å²) >= 11 is 3.28. The summed E-state index contributed by atoms with van der Waals surface area (Å²) in [6.07, 6.45) is 0. The van der Waals surface area contributed by atoms with E-state index in [1.165, 1.54) is 12.1 Å². The van der Waals surface area contributed by atoms with Crippen LogP contribution in [0.4, 0.5) is 4.39 Å². The molecule has 1 N–H and O–H groups in total. The Balaban J connectivity index is 2.24. The Hall–Kier alpha value is -1.88. The lowest BCUT2D eigenvalue weighted by atomic mass is 10.2. The van der Waals surface area contributed by atoms with E-state index in [9.17, 15) is 9.18 Å². The van der Waals surface area contributed by atoms with Gasteiger partial charge < -0.3 is 9.84 Å². The average Bonchev–Trinajstić information content (AvgIpc) is 2.34. The van der Waals surface area contributed by atoms with Gasteiger partial charge in [-0.25, -0.2) is 9.18 Å². The van der Waals surface area contributed by atoms with Gasteiger partial charge in [0.25, 0.3) is 0 Å². The van der Waals surface area contributed by atoms with E-state index in [-0.39, 0.29) is 11.3 Å². The molecule has 0 saturated heterocycles. The molecule has 3 nitrogen and oxygen atoms in total. The highest BCUT2D eigenvalue weighted by Crippen LogP contribution is 2.26. The molecule has 2 aromatic carbocycles. The summed E-state index contributed by atoms with van der Waals surface area (Å²) in [6, 6.07) is 10.4. The molecule has 2 rings (SSSR count). The van der Waals surface area contributed by atoms with Crippen molar-refractivity contribution in [2.45, 2.75) is 0 Å². The molecule has 92 valence electrons. The van der Waals surface area contributed by atoms with E-state index in [2.05, 4.69) is 15.9 Å². The van der Waals surface area contributed by atoms with Crippen molar-refractivity contribution in [3.63, 3.8) is 0 Å². The van der Waals surface area contributed by atoms with Crippen LogP contribution in [0.5, 0.6) is 11.5 Å². The molecule has 0 amide bonds. The Kier molecular flexibility index (Phi) is 3.62. The summed E-state index contributed by atoms with van der Waals surface area (Å²) in [7, 11) is 0. The summed E-state index contributed by atoms with van der Waals surface area (Å²) in [5, 5.41) is 8.71. The number of hydrogen-bond donors (Lipinski definition) is 1. The van der Waals surface area contributed by atoms with Crippen molar-refractivity contribution in [2.75, 3.05) is 0 Å². The Morgan fingerprint density at radius 1 is 1.17 bits per heavy atom. The Labute approximate surface area is 111 Å². The first-order valence-electron chi connectivity index (χ1n) is 5.02. The molecule has 2 aromatic rings. The van der Waals surface area contributed by atoms with E-state index < -0.39 is 11.8 Å². The second-order valence-electron chi connectivity index (χ2n) is 3.51. The number of halogens is 2. The van der Waals surface area contributed by atoms with E-state index in [0.717, 1.165) is 10.5 Å². The van der Waals surface area contributed by atoms with Crippen LogP contribution in [0.2, 0.25) is 0 Å². The third kappa shape index (κ3) is 2.87. The Bertz CT molecular complexity index is 581. The van der Waals surface area contributed by atoms with Crippen molar-refractivity contribution >= 4 is 21.9 Å². The minimum atomic E-state index is -1.18. The molecule has 0 aliphatic heterocycles. The van der Waals surface area contributed by atoms with Gasteiger partial charge in [0, 0.05) is 4.47 Å². The highest BCUT2D eigenvalue weighted by atomic mass is 79.9. The summed E-state index contributed by atoms with van der Waals surface area (Å²) < 4.78 is 19.8. The molecule has 0 spiro atoms. The van der Waals surface area contributed by atoms with Crippen molar-refractivity contribution in [1.29, 1.82) is 0 Å². The lowest BCUT2D eigenvalue weighted by molar-refractivity contribution is 0.0696. The normalized spacial score (nSPS) is 10.1. The minimum absolute atomic E-state index is 0.0117. The predicted octanol–water partition coefficient (Wildman–Crippen LogP) is 4.08. The molecular weight excluding hydrogens is 303 g/mol. The molecular formula is C13H8BrFO3. The monoisotopic (exact) mass is 310 g/mol. The largest absolute Gasteiger partial charge is 0.478 e. The number of hydrogen-bond acceptors (Lipinski definition) is 2. The zero-order valence-corrected chi connectivity index (χ0v) is 10.6. The second-order valence-corrected chi connectivity index (χ2v) is 4.42. The van der Waals surface area contributed by atoms with Crippen LogP contribution in [-0.2, 0) is 0 Å². The van der Waals surface area contributed by atoms with Crippen LogP contribution in [0.15, 0.2) is 46.9 Å². The number of carboxylic acids is 1. The fourth-order valence-corrected chi connectivity index (χ4v) is 1.61. The van der Waals surface area contributed by atoms with E-state index in [0.29, 0.717) is 5.75 Å². The van der Waals surface area contributed by atoms with E-state index in [4.69, 9.17) is 9.84 Å². The van der Waals surface area contributed by atoms with Gasteiger partial charge in [-0.1, -0.05) is 15.9 Å². The molecule has 18 heavy (non-hydrogen) atoms. The van der Waals surface area contributed by atoms with Crippen LogP contribution in [0.25, 0.3) is 0 Å². The molecule has 5 heteroatoms. The first-order chi connectivity index (χ1) is 8.56. The fraction of sp³-hybridized carbons (Fsp3) is 0. The van der Waals surface area contributed by atoms with Gasteiger partial charge in [-0.15, -0.1) is 0 Å². The maximum absolute atomic E-state index is 13.6. The SMILES string of the molecule is O=C(O)c1ccc(Oc2ccc(Br)cc2)c(F)c1. The highest BCUT2D eigenvalue weighted by Gasteiger charge is 2.09. The zero-order valence-electron chi connectivity index (χ0n) is 9.06. The molecule has 0 aliphatic carbocycles. The van der Waals surface area contributed by atoms with Gasteiger partial charge in [-0.05, 0) is 42.5 Å². The number of benzene rings is 2. The van der Waals surface area contributed by atoms with Gasteiger partial charge >= 0.3 is 5.97 Å². The summed E-state index contributed by atoms with van der Waals surface area (Å²) in [5.41, 5.74) is -0.115. The van der Waals surface area contributed by atoms with Crippen molar-refractivity contribution in [3.8, 4) is 11.5 Å². The van der Waals surface area contributed by atoms with Crippen LogP contribution in [0, 0.1) is 5.82 Å². The second kappa shape index (κ2) is 5.18. The van der Waals surface area contributed by atoms with Crippen molar-refractivity contribution in [2.24, 2.45) is 0 Å². The smallest absolute Gasteiger partial charge is 0.335 e. The number of rotatable bonds is 3. The van der Waals surface area contributed by atoms with Crippen molar-refractivity contribution in [1.82, 2.24) is 0 Å². The zero-order chi connectivity index (χ0) is 13.1. The molecule has 0 saturated carbocycles. The third-order valence-electron chi connectivity index (χ3n) is 2.22. The summed E-state index contributed by atoms with van der Waals surface area (Å²) in [6.45, 7) is 0. The van der Waals surface area contributed by atoms with Crippen LogP contribution in [-0.4, -0.2) is 11.1 Å². The molecule has 0 aromatic heterocycles. The van der Waals surface area contributed by atoms with Gasteiger partial charge in [-0.2, -0.15) is 0 Å². The fourth-order valence-electron chi connectivity index (χ4n) is 1.35. The number of carboxylic acid groups (broad SMARTS) is 1. The van der Waals surface area contributed by atoms with Gasteiger partial charge in [0.15, 0.2) is 11.6 Å². The van der Waals surface area contributed by atoms with Gasteiger partial charge in [0.1, 0.15) is 5.75 Å². The number of carbonyl (C=O) groups is 1. The third-order valence-corrected chi connectivity index (χ3v) is 2.75. The average molecular weight is 311 g/mol. The molecule has 0 atom stereocenters. The standard InChI is InChI=1S/C13H8BrFO3/c14-9-2-4-10(5-3-9)18-12-6-1-8(13(16)17)7-11(12)15/h1-7H,(H,16,17). The molecule has 0 fully saturated rings. The van der Waals surface area contributed by atoms with Crippen LogP contribution >= 0.6 is 15.9 Å². The van der Waals surface area contributed by atoms with Gasteiger partial charge in [0.05, 0.1) is 5.56 Å². The van der Waals surface area contributed by atoms with Crippen LogP contribution in [0.1, 0.15) is 10.4 Å². The van der Waals surface area contributed by atoms with Gasteiger partial charge in [-0.3, -0.25) is 0 Å². The van der Waals surface area contributed by atoms with Crippen LogP contribution in [0.3, 0.4) is 0 Å². The first-order valence-corrected chi connectivity index (χ1v) is 5.82. The minimum Gasteiger partial charge on any atom is -0.478 e. The van der Waals surface area contributed by atoms with E-state index in [1.807, 2.05) is 0 Å². The Morgan fingerprint density at radius 3 is 2.39 bits per heavy atom. The molecule has 0 bridgehead atoms. The predicted molar refractivity (Wildman–Crippen MR) is 67.6 cm³/mol. The lowest BCUT2D eigenvalue weighted by Crippen LogP contribution is -1.97. The summed E-state index contributed by atoms with van der Waals surface area (Å²) in [4.78, 5) is 10.6. The highest BCUT2D eigenvalue weighted by molar-refractivity contribution is 9.10. The molecule has 0 heterocycles. The quantitative estimate of drug-likeness (QED) is 0.929. The number of ether oxygens (including phenoxy) is 1. The van der Waals surface area contributed by atoms with E-state index >= 15 is 0 Å².